The van der Waals surface area contributed by atoms with Crippen LogP contribution in [0.2, 0.25) is 0 Å². The highest BCUT2D eigenvalue weighted by Crippen LogP contribution is 2.51. The normalized spacial score (nSPS) is 25.9. The van der Waals surface area contributed by atoms with Crippen LogP contribution in [0, 0.1) is 12.3 Å². The number of rotatable bonds is 6. The summed E-state index contributed by atoms with van der Waals surface area (Å²) in [4.78, 5) is 20.9. The third kappa shape index (κ3) is 4.12. The second-order valence-electron chi connectivity index (χ2n) is 11.0. The Balaban J connectivity index is 1.01. The van der Waals surface area contributed by atoms with Crippen LogP contribution in [0.4, 0.5) is 4.39 Å². The Morgan fingerprint density at radius 2 is 1.94 bits per heavy atom. The molecule has 1 amide bonds. The van der Waals surface area contributed by atoms with E-state index in [1.807, 2.05) is 13.0 Å². The number of likely N-dealkylation sites (tertiary alicyclic amines) is 2. The number of benzene rings is 1. The number of aryl methyl sites for hydroxylation is 1. The molecule has 2 saturated carbocycles. The van der Waals surface area contributed by atoms with Crippen molar-refractivity contribution in [3.05, 3.63) is 47.7 Å². The van der Waals surface area contributed by atoms with Gasteiger partial charge in [0.25, 0.3) is 5.91 Å². The van der Waals surface area contributed by atoms with Gasteiger partial charge in [0.1, 0.15) is 12.4 Å². The van der Waals surface area contributed by atoms with Crippen LogP contribution in [0.3, 0.4) is 0 Å². The van der Waals surface area contributed by atoms with Crippen LogP contribution in [-0.4, -0.2) is 58.6 Å². The van der Waals surface area contributed by atoms with Crippen LogP contribution >= 0.6 is 0 Å². The Morgan fingerprint density at radius 3 is 2.65 bits per heavy atom. The first-order valence-corrected chi connectivity index (χ1v) is 12.8. The molecule has 0 radical (unpaired) electrons. The van der Waals surface area contributed by atoms with Crippen molar-refractivity contribution in [1.29, 1.82) is 0 Å². The molecule has 182 valence electrons. The first-order valence-electron chi connectivity index (χ1n) is 12.8. The highest BCUT2D eigenvalue weighted by molar-refractivity contribution is 5.88. The van der Waals surface area contributed by atoms with E-state index in [2.05, 4.69) is 28.1 Å². The number of hydrogen-bond acceptors (Lipinski definition) is 5. The molecule has 4 aliphatic rings. The van der Waals surface area contributed by atoms with Crippen molar-refractivity contribution in [2.75, 3.05) is 26.2 Å². The van der Waals surface area contributed by atoms with E-state index in [1.165, 1.54) is 18.4 Å². The summed E-state index contributed by atoms with van der Waals surface area (Å²) in [6, 6.07) is 8.97. The van der Waals surface area contributed by atoms with Crippen molar-refractivity contribution in [3.8, 4) is 5.75 Å². The minimum atomic E-state index is -1.52. The fraction of sp³-hybridized carbons (Fsp3) is 0.630. The topological polar surface area (TPSA) is 58.8 Å². The Morgan fingerprint density at radius 1 is 1.18 bits per heavy atom. The number of hydrogen-bond donors (Lipinski definition) is 0. The highest BCUT2D eigenvalue weighted by atomic mass is 19.1. The first kappa shape index (κ1) is 22.1. The number of oxazole rings is 1. The van der Waals surface area contributed by atoms with Gasteiger partial charge in [-0.25, -0.2) is 9.37 Å². The molecule has 0 unspecified atom stereocenters. The number of piperidine rings is 1. The molecule has 0 bridgehead atoms. The van der Waals surface area contributed by atoms with E-state index >= 15 is 0 Å². The molecule has 7 heteroatoms. The lowest BCUT2D eigenvalue weighted by molar-refractivity contribution is -0.150. The Hall–Kier alpha value is -2.41. The molecule has 2 saturated heterocycles. The minimum Gasteiger partial charge on any atom is -0.485 e. The molecule has 1 aromatic carbocycles. The molecule has 6 nitrogen and oxygen atoms in total. The van der Waals surface area contributed by atoms with E-state index in [9.17, 15) is 9.18 Å². The molecular weight excluding hydrogens is 433 g/mol. The summed E-state index contributed by atoms with van der Waals surface area (Å²) < 4.78 is 25.8. The standard InChI is InChI=1S/C27H34FN3O3/c1-19-29-15-22(34-19)16-33-24-5-3-2-4-23(24)20-7-12-30(13-8-20)21-6-9-26(14-21)17-31(18-26)25(32)27(28)10-11-27/h2-5,15,20-21H,6-14,16-18H2,1H3/t21-/m0/s1. The molecule has 6 rings (SSSR count). The summed E-state index contributed by atoms with van der Waals surface area (Å²) in [5.74, 6) is 2.59. The van der Waals surface area contributed by atoms with Crippen LogP contribution < -0.4 is 4.74 Å². The van der Waals surface area contributed by atoms with Gasteiger partial charge in [0.2, 0.25) is 0 Å². The monoisotopic (exact) mass is 467 g/mol. The zero-order valence-electron chi connectivity index (χ0n) is 20.0. The van der Waals surface area contributed by atoms with Gasteiger partial charge in [-0.05, 0) is 75.6 Å². The van der Waals surface area contributed by atoms with Gasteiger partial charge in [-0.15, -0.1) is 0 Å². The lowest BCUT2D eigenvalue weighted by Crippen LogP contribution is -2.60. The molecule has 4 fully saturated rings. The second kappa shape index (κ2) is 8.36. The first-order chi connectivity index (χ1) is 16.4. The number of carbonyl (C=O) groups excluding carboxylic acids is 1. The van der Waals surface area contributed by atoms with Gasteiger partial charge < -0.3 is 19.0 Å². The molecule has 1 atom stereocenters. The molecule has 2 aliphatic heterocycles. The fourth-order valence-corrected chi connectivity index (χ4v) is 6.44. The fourth-order valence-electron chi connectivity index (χ4n) is 6.44. The average molecular weight is 468 g/mol. The molecule has 3 heterocycles. The summed E-state index contributed by atoms with van der Waals surface area (Å²) in [6.07, 6.45) is 8.32. The van der Waals surface area contributed by atoms with Gasteiger partial charge in [-0.1, -0.05) is 18.2 Å². The Bertz CT molecular complexity index is 1050. The number of carbonyl (C=O) groups is 1. The number of halogens is 1. The molecule has 1 spiro atoms. The number of amides is 1. The molecule has 0 N–H and O–H groups in total. The zero-order valence-corrected chi connectivity index (χ0v) is 20.0. The van der Waals surface area contributed by atoms with Gasteiger partial charge in [0, 0.05) is 31.5 Å². The van der Waals surface area contributed by atoms with Gasteiger partial charge in [-0.3, -0.25) is 4.79 Å². The van der Waals surface area contributed by atoms with Crippen molar-refractivity contribution in [2.24, 2.45) is 5.41 Å². The number of aromatic nitrogens is 1. The SMILES string of the molecule is Cc1ncc(COc2ccccc2C2CCN([C@H]3CCC4(C3)CN(C(=O)C3(F)CC3)C4)CC2)o1. The van der Waals surface area contributed by atoms with E-state index in [0.717, 1.165) is 57.0 Å². The maximum Gasteiger partial charge on any atom is 0.260 e. The number of alkyl halides is 1. The summed E-state index contributed by atoms with van der Waals surface area (Å²) in [7, 11) is 0. The number of ether oxygens (including phenoxy) is 1. The number of nitrogens with zero attached hydrogens (tertiary/aromatic N) is 3. The second-order valence-corrected chi connectivity index (χ2v) is 11.0. The van der Waals surface area contributed by atoms with Crippen LogP contribution in [0.25, 0.3) is 0 Å². The van der Waals surface area contributed by atoms with Crippen LogP contribution in [0.5, 0.6) is 5.75 Å². The molecule has 34 heavy (non-hydrogen) atoms. The Labute approximate surface area is 200 Å². The maximum absolute atomic E-state index is 14.1. The van der Waals surface area contributed by atoms with Crippen molar-refractivity contribution < 1.29 is 18.3 Å². The predicted octanol–water partition coefficient (Wildman–Crippen LogP) is 4.62. The van der Waals surface area contributed by atoms with Crippen molar-refractivity contribution in [3.63, 3.8) is 0 Å². The van der Waals surface area contributed by atoms with Crippen molar-refractivity contribution in [1.82, 2.24) is 14.8 Å². The van der Waals surface area contributed by atoms with Gasteiger partial charge in [0.15, 0.2) is 17.3 Å². The van der Waals surface area contributed by atoms with E-state index in [1.54, 1.807) is 11.1 Å². The number of para-hydroxylation sites is 1. The van der Waals surface area contributed by atoms with Gasteiger partial charge in [0.05, 0.1) is 6.20 Å². The summed E-state index contributed by atoms with van der Waals surface area (Å²) in [5, 5.41) is 0. The molecule has 2 aliphatic carbocycles. The molecule has 1 aromatic heterocycles. The Kier molecular flexibility index (Phi) is 5.43. The lowest BCUT2D eigenvalue weighted by Gasteiger charge is -2.49. The minimum absolute atomic E-state index is 0.238. The zero-order chi connectivity index (χ0) is 23.3. The van der Waals surface area contributed by atoms with Crippen LogP contribution in [0.15, 0.2) is 34.9 Å². The van der Waals surface area contributed by atoms with Gasteiger partial charge in [-0.2, -0.15) is 0 Å². The van der Waals surface area contributed by atoms with Gasteiger partial charge >= 0.3 is 0 Å². The summed E-state index contributed by atoms with van der Waals surface area (Å²) in [5.41, 5.74) is 0.00618. The summed E-state index contributed by atoms with van der Waals surface area (Å²) in [6.45, 7) is 5.95. The summed E-state index contributed by atoms with van der Waals surface area (Å²) >= 11 is 0. The van der Waals surface area contributed by atoms with E-state index in [-0.39, 0.29) is 11.3 Å². The van der Waals surface area contributed by atoms with Crippen LogP contribution in [0.1, 0.15) is 68.1 Å². The van der Waals surface area contributed by atoms with Crippen molar-refractivity contribution in [2.45, 2.75) is 76.1 Å². The van der Waals surface area contributed by atoms with E-state index < -0.39 is 5.67 Å². The van der Waals surface area contributed by atoms with Crippen LogP contribution in [-0.2, 0) is 11.4 Å². The quantitative estimate of drug-likeness (QED) is 0.620. The van der Waals surface area contributed by atoms with E-state index in [4.69, 9.17) is 9.15 Å². The third-order valence-corrected chi connectivity index (χ3v) is 8.53. The largest absolute Gasteiger partial charge is 0.485 e. The third-order valence-electron chi connectivity index (χ3n) is 8.53. The predicted molar refractivity (Wildman–Crippen MR) is 125 cm³/mol. The molecule has 2 aromatic rings. The smallest absolute Gasteiger partial charge is 0.260 e. The highest BCUT2D eigenvalue weighted by Gasteiger charge is 2.58. The average Bonchev–Trinajstić information content (AvgIpc) is 3.23. The van der Waals surface area contributed by atoms with E-state index in [0.29, 0.717) is 37.3 Å². The van der Waals surface area contributed by atoms with Crippen molar-refractivity contribution >= 4 is 5.91 Å². The lowest BCUT2D eigenvalue weighted by atomic mass is 9.77. The molecular formula is C27H34FN3O3. The maximum atomic E-state index is 14.1.